The summed E-state index contributed by atoms with van der Waals surface area (Å²) in [6, 6.07) is 10.5. The monoisotopic (exact) mass is 407 g/mol. The van der Waals surface area contributed by atoms with Gasteiger partial charge < -0.3 is 15.1 Å². The molecule has 1 fully saturated rings. The number of rotatable bonds is 4. The highest BCUT2D eigenvalue weighted by molar-refractivity contribution is 7.19. The van der Waals surface area contributed by atoms with Crippen LogP contribution in [0.4, 0.5) is 5.00 Å². The van der Waals surface area contributed by atoms with E-state index in [0.717, 1.165) is 36.8 Å². The highest BCUT2D eigenvalue weighted by Gasteiger charge is 2.20. The second kappa shape index (κ2) is 8.50. The lowest BCUT2D eigenvalue weighted by molar-refractivity contribution is 0.0664. The number of nitrogens with zero attached hydrogens (tertiary/aromatic N) is 4. The summed E-state index contributed by atoms with van der Waals surface area (Å²) in [6.45, 7) is 3.20. The fourth-order valence-corrected chi connectivity index (χ4v) is 3.92. The number of nitrogens with one attached hydrogen (secondary N) is 1. The van der Waals surface area contributed by atoms with Crippen molar-refractivity contribution in [2.45, 2.75) is 0 Å². The summed E-state index contributed by atoms with van der Waals surface area (Å²) < 4.78 is 0. The van der Waals surface area contributed by atoms with Crippen LogP contribution >= 0.6 is 11.3 Å². The van der Waals surface area contributed by atoms with Gasteiger partial charge in [0.2, 0.25) is 0 Å². The van der Waals surface area contributed by atoms with Crippen LogP contribution in [0.2, 0.25) is 0 Å². The number of carbonyl (C=O) groups is 2. The van der Waals surface area contributed by atoms with Crippen LogP contribution in [0.25, 0.3) is 10.6 Å². The summed E-state index contributed by atoms with van der Waals surface area (Å²) in [6.07, 6.45) is 5.06. The molecule has 0 spiro atoms. The Labute approximate surface area is 173 Å². The van der Waals surface area contributed by atoms with Gasteiger partial charge in [0, 0.05) is 55.3 Å². The van der Waals surface area contributed by atoms with Crippen molar-refractivity contribution in [3.63, 3.8) is 0 Å². The molecule has 0 aliphatic carbocycles. The summed E-state index contributed by atoms with van der Waals surface area (Å²) in [5, 5.41) is 4.35. The molecule has 1 N–H and O–H groups in total. The third kappa shape index (κ3) is 4.49. The van der Waals surface area contributed by atoms with Gasteiger partial charge in [-0.25, -0.2) is 4.98 Å². The van der Waals surface area contributed by atoms with Crippen molar-refractivity contribution in [2.24, 2.45) is 0 Å². The van der Waals surface area contributed by atoms with Crippen LogP contribution in [-0.4, -0.2) is 64.8 Å². The van der Waals surface area contributed by atoms with E-state index >= 15 is 0 Å². The lowest BCUT2D eigenvalue weighted by Crippen LogP contribution is -2.47. The minimum Gasteiger partial charge on any atom is -0.336 e. The standard InChI is InChI=1S/C21H21N5O2S/c1-25-10-12-26(13-11-25)21(28)17-4-2-15(3-5-17)19(27)24-18-14-23-20(29-18)16-6-8-22-9-7-16/h2-9,14H,10-13H2,1H3,(H,24,27). The van der Waals surface area contributed by atoms with Crippen LogP contribution < -0.4 is 5.32 Å². The number of amides is 2. The smallest absolute Gasteiger partial charge is 0.256 e. The highest BCUT2D eigenvalue weighted by atomic mass is 32.1. The summed E-state index contributed by atoms with van der Waals surface area (Å²) in [7, 11) is 2.05. The fraction of sp³-hybridized carbons (Fsp3) is 0.238. The number of pyridine rings is 1. The Balaban J connectivity index is 1.39. The highest BCUT2D eigenvalue weighted by Crippen LogP contribution is 2.28. The lowest BCUT2D eigenvalue weighted by Gasteiger charge is -2.32. The van der Waals surface area contributed by atoms with Gasteiger partial charge >= 0.3 is 0 Å². The molecule has 2 aromatic heterocycles. The quantitative estimate of drug-likeness (QED) is 0.720. The lowest BCUT2D eigenvalue weighted by atomic mass is 10.1. The molecule has 7 nitrogen and oxygen atoms in total. The van der Waals surface area contributed by atoms with Gasteiger partial charge in [-0.3, -0.25) is 14.6 Å². The first-order valence-corrected chi connectivity index (χ1v) is 10.2. The van der Waals surface area contributed by atoms with Crippen molar-refractivity contribution in [1.29, 1.82) is 0 Å². The van der Waals surface area contributed by atoms with Crippen molar-refractivity contribution in [1.82, 2.24) is 19.8 Å². The van der Waals surface area contributed by atoms with E-state index in [0.29, 0.717) is 16.1 Å². The van der Waals surface area contributed by atoms with E-state index in [9.17, 15) is 9.59 Å². The van der Waals surface area contributed by atoms with E-state index in [1.807, 2.05) is 17.0 Å². The van der Waals surface area contributed by atoms with Gasteiger partial charge in [0.25, 0.3) is 11.8 Å². The van der Waals surface area contributed by atoms with Crippen LogP contribution in [0, 0.1) is 0 Å². The fourth-order valence-electron chi connectivity index (χ4n) is 3.10. The molecule has 148 valence electrons. The van der Waals surface area contributed by atoms with Crippen molar-refractivity contribution in [3.8, 4) is 10.6 Å². The predicted octanol–water partition coefficient (Wildman–Crippen LogP) is 2.85. The number of thiazole rings is 1. The summed E-state index contributed by atoms with van der Waals surface area (Å²) >= 11 is 1.40. The van der Waals surface area contributed by atoms with Crippen molar-refractivity contribution in [2.75, 3.05) is 38.5 Å². The van der Waals surface area contributed by atoms with Gasteiger partial charge in [0.05, 0.1) is 6.20 Å². The van der Waals surface area contributed by atoms with E-state index in [1.54, 1.807) is 42.9 Å². The molecule has 4 rings (SSSR count). The molecule has 1 aliphatic rings. The minimum absolute atomic E-state index is 0.00880. The molecule has 2 amide bonds. The van der Waals surface area contributed by atoms with E-state index in [1.165, 1.54) is 11.3 Å². The Bertz CT molecular complexity index is 995. The zero-order valence-corrected chi connectivity index (χ0v) is 16.9. The molecule has 1 aromatic carbocycles. The number of aromatic nitrogens is 2. The van der Waals surface area contributed by atoms with E-state index in [-0.39, 0.29) is 11.8 Å². The third-order valence-electron chi connectivity index (χ3n) is 4.85. The Morgan fingerprint density at radius 3 is 2.31 bits per heavy atom. The molecule has 0 saturated carbocycles. The van der Waals surface area contributed by atoms with Gasteiger partial charge in [0.15, 0.2) is 0 Å². The largest absolute Gasteiger partial charge is 0.336 e. The Morgan fingerprint density at radius 1 is 0.966 bits per heavy atom. The third-order valence-corrected chi connectivity index (χ3v) is 5.82. The first-order chi connectivity index (χ1) is 14.1. The van der Waals surface area contributed by atoms with Gasteiger partial charge in [-0.15, -0.1) is 0 Å². The molecule has 8 heteroatoms. The van der Waals surface area contributed by atoms with Crippen LogP contribution in [-0.2, 0) is 0 Å². The van der Waals surface area contributed by atoms with Crippen molar-refractivity contribution >= 4 is 28.2 Å². The molecular weight excluding hydrogens is 386 g/mol. The molecule has 0 atom stereocenters. The minimum atomic E-state index is -0.228. The van der Waals surface area contributed by atoms with Crippen LogP contribution in [0.15, 0.2) is 55.0 Å². The molecule has 0 unspecified atom stereocenters. The second-order valence-corrected chi connectivity index (χ2v) is 7.92. The number of hydrogen-bond donors (Lipinski definition) is 1. The number of hydrogen-bond acceptors (Lipinski definition) is 6. The SMILES string of the molecule is CN1CCN(C(=O)c2ccc(C(=O)Nc3cnc(-c4ccncc4)s3)cc2)CC1. The average molecular weight is 407 g/mol. The molecule has 1 saturated heterocycles. The molecule has 3 aromatic rings. The van der Waals surface area contributed by atoms with E-state index < -0.39 is 0 Å². The van der Waals surface area contributed by atoms with E-state index in [2.05, 4.69) is 27.2 Å². The molecule has 0 radical (unpaired) electrons. The number of likely N-dealkylation sites (N-methyl/N-ethyl adjacent to an activating group) is 1. The molecule has 3 heterocycles. The number of carbonyl (C=O) groups excluding carboxylic acids is 2. The topological polar surface area (TPSA) is 78.4 Å². The Hall–Kier alpha value is -3.10. The molecule has 1 aliphatic heterocycles. The number of piperazine rings is 1. The first-order valence-electron chi connectivity index (χ1n) is 9.35. The molecule has 0 bridgehead atoms. The Kier molecular flexibility index (Phi) is 5.64. The second-order valence-electron chi connectivity index (χ2n) is 6.89. The van der Waals surface area contributed by atoms with Crippen LogP contribution in [0.5, 0.6) is 0 Å². The Morgan fingerprint density at radius 2 is 1.62 bits per heavy atom. The van der Waals surface area contributed by atoms with Gasteiger partial charge in [-0.1, -0.05) is 11.3 Å². The van der Waals surface area contributed by atoms with Gasteiger partial charge in [-0.2, -0.15) is 0 Å². The number of benzene rings is 1. The maximum Gasteiger partial charge on any atom is 0.256 e. The predicted molar refractivity (Wildman–Crippen MR) is 113 cm³/mol. The zero-order valence-electron chi connectivity index (χ0n) is 16.0. The maximum atomic E-state index is 12.6. The van der Waals surface area contributed by atoms with E-state index in [4.69, 9.17) is 0 Å². The number of anilines is 1. The maximum absolute atomic E-state index is 12.6. The van der Waals surface area contributed by atoms with Crippen molar-refractivity contribution < 1.29 is 9.59 Å². The summed E-state index contributed by atoms with van der Waals surface area (Å²) in [5.74, 6) is -0.219. The van der Waals surface area contributed by atoms with Gasteiger partial charge in [-0.05, 0) is 43.4 Å². The van der Waals surface area contributed by atoms with Crippen molar-refractivity contribution in [3.05, 3.63) is 66.1 Å². The zero-order chi connectivity index (χ0) is 20.2. The van der Waals surface area contributed by atoms with Crippen LogP contribution in [0.1, 0.15) is 20.7 Å². The summed E-state index contributed by atoms with van der Waals surface area (Å²) in [4.78, 5) is 37.6. The summed E-state index contributed by atoms with van der Waals surface area (Å²) in [5.41, 5.74) is 2.06. The first kappa shape index (κ1) is 19.2. The molecule has 29 heavy (non-hydrogen) atoms. The average Bonchev–Trinajstić information content (AvgIpc) is 3.23. The van der Waals surface area contributed by atoms with Gasteiger partial charge in [0.1, 0.15) is 10.0 Å². The van der Waals surface area contributed by atoms with Crippen LogP contribution in [0.3, 0.4) is 0 Å². The normalized spacial score (nSPS) is 14.6. The molecular formula is C21H21N5O2S.